The van der Waals surface area contributed by atoms with Gasteiger partial charge >= 0.3 is 0 Å². The summed E-state index contributed by atoms with van der Waals surface area (Å²) in [5.74, 6) is 2.61. The zero-order chi connectivity index (χ0) is 17.8. The Balaban J connectivity index is 0.00000243. The maximum Gasteiger partial charge on any atom is 0.162 e. The molecule has 1 aliphatic heterocycles. The lowest BCUT2D eigenvalue weighted by atomic mass is 9.86. The topological polar surface area (TPSA) is 57.0 Å². The fourth-order valence-corrected chi connectivity index (χ4v) is 3.45. The third kappa shape index (κ3) is 4.17. The molecule has 2 atom stereocenters. The number of methoxy groups -OCH3 is 3. The predicted molar refractivity (Wildman–Crippen MR) is 107 cm³/mol. The average Bonchev–Trinajstić information content (AvgIpc) is 2.67. The van der Waals surface area contributed by atoms with Crippen molar-refractivity contribution >= 4 is 18.1 Å². The third-order valence-electron chi connectivity index (χ3n) is 4.92. The summed E-state index contributed by atoms with van der Waals surface area (Å²) in [6, 6.07) is 14.4. The molecule has 1 fully saturated rings. The summed E-state index contributed by atoms with van der Waals surface area (Å²) in [5.41, 5.74) is 8.77. The summed E-state index contributed by atoms with van der Waals surface area (Å²) < 4.78 is 16.1. The maximum atomic E-state index is 6.43. The summed E-state index contributed by atoms with van der Waals surface area (Å²) in [5, 5.41) is 0. The first-order chi connectivity index (χ1) is 12.2. The van der Waals surface area contributed by atoms with E-state index < -0.39 is 0 Å². The van der Waals surface area contributed by atoms with Crippen LogP contribution in [0, 0.1) is 0 Å². The van der Waals surface area contributed by atoms with Crippen LogP contribution in [0.5, 0.6) is 17.2 Å². The summed E-state index contributed by atoms with van der Waals surface area (Å²) >= 11 is 0. The molecule has 0 aliphatic carbocycles. The number of rotatable bonds is 5. The van der Waals surface area contributed by atoms with Crippen LogP contribution in [0.25, 0.3) is 0 Å². The van der Waals surface area contributed by atoms with Gasteiger partial charge in [-0.3, -0.25) is 0 Å². The van der Waals surface area contributed by atoms with E-state index in [0.717, 1.165) is 42.4 Å². The van der Waals surface area contributed by atoms with Gasteiger partial charge in [0.05, 0.1) is 21.3 Å². The maximum absolute atomic E-state index is 6.43. The van der Waals surface area contributed by atoms with Crippen LogP contribution in [0.15, 0.2) is 42.5 Å². The van der Waals surface area contributed by atoms with Crippen LogP contribution in [0.2, 0.25) is 0 Å². The van der Waals surface area contributed by atoms with Crippen molar-refractivity contribution in [2.75, 3.05) is 39.3 Å². The van der Waals surface area contributed by atoms with Crippen LogP contribution >= 0.6 is 12.4 Å². The molecule has 2 unspecified atom stereocenters. The monoisotopic (exact) mass is 378 g/mol. The van der Waals surface area contributed by atoms with E-state index in [1.807, 2.05) is 24.3 Å². The van der Waals surface area contributed by atoms with Crippen molar-refractivity contribution in [3.63, 3.8) is 0 Å². The van der Waals surface area contributed by atoms with Gasteiger partial charge in [0.2, 0.25) is 0 Å². The molecule has 0 spiro atoms. The molecule has 1 saturated heterocycles. The molecule has 0 aromatic heterocycles. The molecule has 1 aliphatic rings. The number of piperidine rings is 1. The van der Waals surface area contributed by atoms with Crippen LogP contribution < -0.4 is 24.8 Å². The van der Waals surface area contributed by atoms with E-state index >= 15 is 0 Å². The molecule has 0 bridgehead atoms. The number of ether oxygens (including phenoxy) is 3. The number of nitrogens with two attached hydrogens (primary N) is 1. The molecule has 142 valence electrons. The molecule has 5 nitrogen and oxygen atoms in total. The van der Waals surface area contributed by atoms with Gasteiger partial charge in [0.25, 0.3) is 0 Å². The minimum atomic E-state index is 0. The molecular formula is C20H27ClN2O3. The molecule has 2 N–H and O–H groups in total. The zero-order valence-electron chi connectivity index (χ0n) is 15.5. The summed E-state index contributed by atoms with van der Waals surface area (Å²) in [4.78, 5) is 2.36. The smallest absolute Gasteiger partial charge is 0.162 e. The van der Waals surface area contributed by atoms with Gasteiger partial charge in [-0.05, 0) is 36.2 Å². The van der Waals surface area contributed by atoms with Gasteiger partial charge in [-0.1, -0.05) is 12.1 Å². The molecule has 3 rings (SSSR count). The van der Waals surface area contributed by atoms with Crippen LogP contribution in [0.4, 0.5) is 5.69 Å². The molecule has 2 aromatic rings. The number of hydrogen-bond acceptors (Lipinski definition) is 5. The van der Waals surface area contributed by atoms with Gasteiger partial charge in [-0.2, -0.15) is 0 Å². The van der Waals surface area contributed by atoms with Crippen LogP contribution in [-0.4, -0.2) is 40.5 Å². The predicted octanol–water partition coefficient (Wildman–Crippen LogP) is 3.46. The standard InChI is InChI=1S/C20H26N2O3.ClH/c1-23-16-6-4-5-14(11-16)17-13-22(10-9-18(17)21)15-7-8-19(24-2)20(12-15)25-3;/h4-8,11-12,17-18H,9-10,13,21H2,1-3H3;1H. The Labute approximate surface area is 161 Å². The minimum Gasteiger partial charge on any atom is -0.497 e. The molecule has 1 heterocycles. The lowest BCUT2D eigenvalue weighted by Crippen LogP contribution is -2.45. The number of hydrogen-bond donors (Lipinski definition) is 1. The van der Waals surface area contributed by atoms with Gasteiger partial charge < -0.3 is 24.8 Å². The Morgan fingerprint density at radius 3 is 2.42 bits per heavy atom. The van der Waals surface area contributed by atoms with Crippen molar-refractivity contribution < 1.29 is 14.2 Å². The summed E-state index contributed by atoms with van der Waals surface area (Å²) in [6.07, 6.45) is 0.941. The van der Waals surface area contributed by atoms with Gasteiger partial charge in [0, 0.05) is 36.8 Å². The Hall–Kier alpha value is -2.11. The molecule has 0 radical (unpaired) electrons. The van der Waals surface area contributed by atoms with Gasteiger partial charge in [-0.15, -0.1) is 12.4 Å². The van der Waals surface area contributed by atoms with E-state index in [0.29, 0.717) is 0 Å². The quantitative estimate of drug-likeness (QED) is 0.863. The highest BCUT2D eigenvalue weighted by Crippen LogP contribution is 2.35. The SMILES string of the molecule is COc1cccc(C2CN(c3ccc(OC)c(OC)c3)CCC2N)c1.Cl. The van der Waals surface area contributed by atoms with Crippen LogP contribution in [0.1, 0.15) is 17.9 Å². The average molecular weight is 379 g/mol. The molecule has 0 amide bonds. The molecule has 2 aromatic carbocycles. The van der Waals surface area contributed by atoms with E-state index in [1.165, 1.54) is 5.56 Å². The number of benzene rings is 2. The second-order valence-electron chi connectivity index (χ2n) is 6.32. The molecular weight excluding hydrogens is 352 g/mol. The highest BCUT2D eigenvalue weighted by molar-refractivity contribution is 5.85. The summed E-state index contributed by atoms with van der Waals surface area (Å²) in [7, 11) is 5.00. The molecule has 6 heteroatoms. The fraction of sp³-hybridized carbons (Fsp3) is 0.400. The van der Waals surface area contributed by atoms with E-state index in [-0.39, 0.29) is 24.4 Å². The van der Waals surface area contributed by atoms with Crippen molar-refractivity contribution in [3.05, 3.63) is 48.0 Å². The first kappa shape index (κ1) is 20.2. The highest BCUT2D eigenvalue weighted by Gasteiger charge is 2.28. The fourth-order valence-electron chi connectivity index (χ4n) is 3.45. The van der Waals surface area contributed by atoms with Crippen molar-refractivity contribution in [2.45, 2.75) is 18.4 Å². The van der Waals surface area contributed by atoms with Crippen molar-refractivity contribution in [2.24, 2.45) is 5.73 Å². The largest absolute Gasteiger partial charge is 0.497 e. The normalized spacial score (nSPS) is 19.5. The van der Waals surface area contributed by atoms with Crippen molar-refractivity contribution in [3.8, 4) is 17.2 Å². The first-order valence-corrected chi connectivity index (χ1v) is 8.52. The molecule has 0 saturated carbocycles. The second kappa shape index (κ2) is 9.01. The minimum absolute atomic E-state index is 0. The third-order valence-corrected chi connectivity index (χ3v) is 4.92. The Morgan fingerprint density at radius 1 is 0.962 bits per heavy atom. The Morgan fingerprint density at radius 2 is 1.73 bits per heavy atom. The lowest BCUT2D eigenvalue weighted by Gasteiger charge is -2.38. The number of halogens is 1. The first-order valence-electron chi connectivity index (χ1n) is 8.52. The van der Waals surface area contributed by atoms with E-state index in [2.05, 4.69) is 23.1 Å². The van der Waals surface area contributed by atoms with Gasteiger partial charge in [0.15, 0.2) is 11.5 Å². The molecule has 26 heavy (non-hydrogen) atoms. The Bertz CT molecular complexity index is 726. The number of nitrogens with zero attached hydrogens (tertiary/aromatic N) is 1. The zero-order valence-corrected chi connectivity index (χ0v) is 16.3. The number of anilines is 1. The van der Waals surface area contributed by atoms with E-state index in [9.17, 15) is 0 Å². The van der Waals surface area contributed by atoms with E-state index in [4.69, 9.17) is 19.9 Å². The second-order valence-corrected chi connectivity index (χ2v) is 6.32. The van der Waals surface area contributed by atoms with Gasteiger partial charge in [-0.25, -0.2) is 0 Å². The lowest BCUT2D eigenvalue weighted by molar-refractivity contribution is 0.354. The van der Waals surface area contributed by atoms with E-state index in [1.54, 1.807) is 21.3 Å². The summed E-state index contributed by atoms with van der Waals surface area (Å²) in [6.45, 7) is 1.79. The van der Waals surface area contributed by atoms with Crippen LogP contribution in [0.3, 0.4) is 0 Å². The van der Waals surface area contributed by atoms with Crippen molar-refractivity contribution in [1.82, 2.24) is 0 Å². The highest BCUT2D eigenvalue weighted by atomic mass is 35.5. The van der Waals surface area contributed by atoms with Crippen LogP contribution in [-0.2, 0) is 0 Å². The van der Waals surface area contributed by atoms with Crippen molar-refractivity contribution in [1.29, 1.82) is 0 Å². The van der Waals surface area contributed by atoms with Gasteiger partial charge in [0.1, 0.15) is 5.75 Å². The Kier molecular flexibility index (Phi) is 7.00.